The molecule has 3 N–H and O–H groups in total. The Morgan fingerprint density at radius 3 is 2.14 bits per heavy atom. The maximum Gasteiger partial charge on any atom is 0.337 e. The lowest BCUT2D eigenvalue weighted by Crippen LogP contribution is -2.61. The predicted molar refractivity (Wildman–Crippen MR) is 81.8 cm³/mol. The molecule has 0 aromatic rings. The number of aliphatic hydroxyl groups is 3. The molecular formula is C14H28O7Si. The van der Waals surface area contributed by atoms with E-state index in [1.165, 1.54) is 0 Å². The number of rotatable bonds is 4. The van der Waals surface area contributed by atoms with E-state index in [2.05, 4.69) is 25.5 Å². The SMILES string of the molecule is COC(=O)C1O[C@H](CO[Si](C)(C)C(C)(C)C)[C@@H](O)[C@H](O)[C@H]1O. The van der Waals surface area contributed by atoms with Gasteiger partial charge in [-0.15, -0.1) is 0 Å². The number of hydrogen-bond acceptors (Lipinski definition) is 7. The molecule has 22 heavy (non-hydrogen) atoms. The third-order valence-corrected chi connectivity index (χ3v) is 9.06. The summed E-state index contributed by atoms with van der Waals surface area (Å²) >= 11 is 0. The van der Waals surface area contributed by atoms with Gasteiger partial charge in [0, 0.05) is 0 Å². The highest BCUT2D eigenvalue weighted by molar-refractivity contribution is 6.74. The monoisotopic (exact) mass is 336 g/mol. The number of esters is 1. The van der Waals surface area contributed by atoms with Crippen molar-refractivity contribution < 1.29 is 34.0 Å². The summed E-state index contributed by atoms with van der Waals surface area (Å²) < 4.78 is 15.9. The van der Waals surface area contributed by atoms with Crippen molar-refractivity contribution in [3.05, 3.63) is 0 Å². The van der Waals surface area contributed by atoms with Gasteiger partial charge in [-0.3, -0.25) is 0 Å². The number of ether oxygens (including phenoxy) is 2. The minimum Gasteiger partial charge on any atom is -0.467 e. The Kier molecular flexibility index (Phi) is 6.16. The molecular weight excluding hydrogens is 308 g/mol. The number of carbonyl (C=O) groups excluding carboxylic acids is 1. The van der Waals surface area contributed by atoms with E-state index in [0.29, 0.717) is 0 Å². The first-order valence-corrected chi connectivity index (χ1v) is 10.2. The van der Waals surface area contributed by atoms with Crippen molar-refractivity contribution >= 4 is 14.3 Å². The first-order chi connectivity index (χ1) is 9.92. The number of hydrogen-bond donors (Lipinski definition) is 3. The van der Waals surface area contributed by atoms with Gasteiger partial charge < -0.3 is 29.2 Å². The maximum absolute atomic E-state index is 11.6. The maximum atomic E-state index is 11.6. The molecule has 1 heterocycles. The molecule has 1 saturated heterocycles. The van der Waals surface area contributed by atoms with Gasteiger partial charge in [-0.05, 0) is 18.1 Å². The van der Waals surface area contributed by atoms with Crippen molar-refractivity contribution in [2.45, 2.75) is 69.4 Å². The molecule has 0 aromatic carbocycles. The highest BCUT2D eigenvalue weighted by Crippen LogP contribution is 2.37. The smallest absolute Gasteiger partial charge is 0.337 e. The van der Waals surface area contributed by atoms with E-state index in [1.54, 1.807) is 0 Å². The Hall–Kier alpha value is -0.513. The van der Waals surface area contributed by atoms with Crippen molar-refractivity contribution in [3.8, 4) is 0 Å². The van der Waals surface area contributed by atoms with E-state index in [-0.39, 0.29) is 11.6 Å². The summed E-state index contributed by atoms with van der Waals surface area (Å²) in [6.45, 7) is 10.4. The zero-order valence-electron chi connectivity index (χ0n) is 14.1. The van der Waals surface area contributed by atoms with Crippen LogP contribution in [0.15, 0.2) is 0 Å². The average molecular weight is 336 g/mol. The standard InChI is InChI=1S/C14H28O7Si/c1-14(2,3)22(5,6)20-7-8-9(15)10(16)11(17)12(21-8)13(18)19-4/h8-12,15-17H,7H2,1-6H3/t8-,9-,10+,11-,12?/m1/s1. The highest BCUT2D eigenvalue weighted by Gasteiger charge is 2.48. The van der Waals surface area contributed by atoms with E-state index in [0.717, 1.165) is 7.11 Å². The minimum atomic E-state index is -2.07. The van der Waals surface area contributed by atoms with Crippen molar-refractivity contribution in [1.82, 2.24) is 0 Å². The molecule has 1 fully saturated rings. The fourth-order valence-corrected chi connectivity index (χ4v) is 2.92. The first kappa shape index (κ1) is 19.5. The van der Waals surface area contributed by atoms with E-state index in [1.807, 2.05) is 13.1 Å². The van der Waals surface area contributed by atoms with Crippen LogP contribution in [-0.2, 0) is 18.7 Å². The molecule has 1 rings (SSSR count). The van der Waals surface area contributed by atoms with E-state index >= 15 is 0 Å². The van der Waals surface area contributed by atoms with Gasteiger partial charge in [0.1, 0.15) is 24.4 Å². The van der Waals surface area contributed by atoms with Crippen LogP contribution in [0.1, 0.15) is 20.8 Å². The summed E-state index contributed by atoms with van der Waals surface area (Å²) in [4.78, 5) is 11.6. The van der Waals surface area contributed by atoms with E-state index < -0.39 is 44.8 Å². The number of methoxy groups -OCH3 is 1. The topological polar surface area (TPSA) is 105 Å². The Morgan fingerprint density at radius 1 is 1.14 bits per heavy atom. The van der Waals surface area contributed by atoms with Crippen LogP contribution in [0.3, 0.4) is 0 Å². The molecule has 7 nitrogen and oxygen atoms in total. The molecule has 0 spiro atoms. The lowest BCUT2D eigenvalue weighted by Gasteiger charge is -2.42. The molecule has 0 saturated carbocycles. The summed E-state index contributed by atoms with van der Waals surface area (Å²) in [6.07, 6.45) is -6.61. The van der Waals surface area contributed by atoms with Gasteiger partial charge in [0.25, 0.3) is 0 Å². The Labute approximate surface area is 132 Å². The molecule has 5 atom stereocenters. The summed E-state index contributed by atoms with van der Waals surface area (Å²) in [5.74, 6) is -0.796. The third kappa shape index (κ3) is 4.06. The average Bonchev–Trinajstić information content (AvgIpc) is 2.42. The van der Waals surface area contributed by atoms with Gasteiger partial charge in [0.2, 0.25) is 0 Å². The molecule has 0 radical (unpaired) electrons. The molecule has 130 valence electrons. The second-order valence-corrected chi connectivity index (χ2v) is 12.0. The van der Waals surface area contributed by atoms with Crippen molar-refractivity contribution in [2.75, 3.05) is 13.7 Å². The fraction of sp³-hybridized carbons (Fsp3) is 0.929. The summed E-state index contributed by atoms with van der Waals surface area (Å²) in [7, 11) is -0.903. The second kappa shape index (κ2) is 6.94. The van der Waals surface area contributed by atoms with Crippen LogP contribution in [0.5, 0.6) is 0 Å². The molecule has 8 heteroatoms. The van der Waals surface area contributed by atoms with Gasteiger partial charge in [-0.25, -0.2) is 4.79 Å². The second-order valence-electron chi connectivity index (χ2n) is 7.16. The summed E-state index contributed by atoms with van der Waals surface area (Å²) in [5.41, 5.74) is 0. The number of aliphatic hydroxyl groups excluding tert-OH is 3. The van der Waals surface area contributed by atoms with Gasteiger partial charge in [-0.1, -0.05) is 20.8 Å². The van der Waals surface area contributed by atoms with Gasteiger partial charge in [0.15, 0.2) is 14.4 Å². The van der Waals surface area contributed by atoms with Crippen LogP contribution in [0, 0.1) is 0 Å². The zero-order chi connectivity index (χ0) is 17.3. The van der Waals surface area contributed by atoms with Crippen molar-refractivity contribution in [2.24, 2.45) is 0 Å². The lowest BCUT2D eigenvalue weighted by molar-refractivity contribution is -0.233. The normalized spacial score (nSPS) is 33.6. The molecule has 0 amide bonds. The molecule has 0 aromatic heterocycles. The molecule has 0 bridgehead atoms. The Morgan fingerprint density at radius 2 is 1.68 bits per heavy atom. The predicted octanol–water partition coefficient (Wildman–Crippen LogP) is 0.0313. The zero-order valence-corrected chi connectivity index (χ0v) is 15.1. The molecule has 0 aliphatic carbocycles. The van der Waals surface area contributed by atoms with Crippen molar-refractivity contribution in [1.29, 1.82) is 0 Å². The van der Waals surface area contributed by atoms with E-state index in [4.69, 9.17) is 9.16 Å². The minimum absolute atomic E-state index is 0.0213. The third-order valence-electron chi connectivity index (χ3n) is 4.56. The largest absolute Gasteiger partial charge is 0.467 e. The molecule has 1 unspecified atom stereocenters. The van der Waals surface area contributed by atoms with Gasteiger partial charge in [-0.2, -0.15) is 0 Å². The Balaban J connectivity index is 2.79. The van der Waals surface area contributed by atoms with Crippen LogP contribution < -0.4 is 0 Å². The van der Waals surface area contributed by atoms with Crippen LogP contribution in [0.2, 0.25) is 18.1 Å². The number of carbonyl (C=O) groups is 1. The molecule has 1 aliphatic rings. The first-order valence-electron chi connectivity index (χ1n) is 7.34. The van der Waals surface area contributed by atoms with Crippen LogP contribution >= 0.6 is 0 Å². The lowest BCUT2D eigenvalue weighted by atomic mass is 9.95. The van der Waals surface area contributed by atoms with Gasteiger partial charge in [0.05, 0.1) is 13.7 Å². The Bertz CT molecular complexity index is 393. The molecule has 1 aliphatic heterocycles. The van der Waals surface area contributed by atoms with Gasteiger partial charge >= 0.3 is 5.97 Å². The van der Waals surface area contributed by atoms with Crippen molar-refractivity contribution in [3.63, 3.8) is 0 Å². The summed E-state index contributed by atoms with van der Waals surface area (Å²) in [5, 5.41) is 29.7. The summed E-state index contributed by atoms with van der Waals surface area (Å²) in [6, 6.07) is 0. The van der Waals surface area contributed by atoms with Crippen LogP contribution in [-0.4, -0.2) is 73.8 Å². The highest BCUT2D eigenvalue weighted by atomic mass is 28.4. The quantitative estimate of drug-likeness (QED) is 0.491. The van der Waals surface area contributed by atoms with Crippen LogP contribution in [0.25, 0.3) is 0 Å². The van der Waals surface area contributed by atoms with E-state index in [9.17, 15) is 20.1 Å². The van der Waals surface area contributed by atoms with Crippen LogP contribution in [0.4, 0.5) is 0 Å². The fourth-order valence-electron chi connectivity index (χ4n) is 1.91.